The molecule has 42 heavy (non-hydrogen) atoms. The second kappa shape index (κ2) is 16.8. The predicted molar refractivity (Wildman–Crippen MR) is 172 cm³/mol. The number of phenols is 1. The number of phenolic OH excluding ortho intramolecular Hbond substituents is 1. The van der Waals surface area contributed by atoms with E-state index in [1.807, 2.05) is 49.4 Å². The standard InChI is InChI=1S/C35H45NO5S/c1-4-6-24-36(3)34(38)27-42(39,40)26-13-8-7-12-25-41-32-22-18-30(19-23-32)35(29-16-20-31(37)21-17-29)33(5-2)28-14-10-9-11-15-28/h9-11,14-23,37H,4-8,12-13,24-27H2,1-3H3. The second-order valence-corrected chi connectivity index (χ2v) is 12.9. The van der Waals surface area contributed by atoms with Crippen LogP contribution in [-0.2, 0) is 14.6 Å². The van der Waals surface area contributed by atoms with Crippen LogP contribution in [0.1, 0.15) is 75.5 Å². The second-order valence-electron chi connectivity index (χ2n) is 10.7. The van der Waals surface area contributed by atoms with Crippen LogP contribution in [-0.4, -0.2) is 56.0 Å². The molecule has 0 fully saturated rings. The quantitative estimate of drug-likeness (QED) is 0.131. The molecule has 0 aliphatic carbocycles. The van der Waals surface area contributed by atoms with E-state index in [2.05, 4.69) is 31.2 Å². The van der Waals surface area contributed by atoms with Gasteiger partial charge in [0.1, 0.15) is 17.3 Å². The fourth-order valence-corrected chi connectivity index (χ4v) is 6.27. The highest BCUT2D eigenvalue weighted by molar-refractivity contribution is 7.92. The zero-order chi connectivity index (χ0) is 30.4. The molecular weight excluding hydrogens is 546 g/mol. The van der Waals surface area contributed by atoms with Gasteiger partial charge in [0.2, 0.25) is 5.91 Å². The summed E-state index contributed by atoms with van der Waals surface area (Å²) in [7, 11) is -1.72. The van der Waals surface area contributed by atoms with Gasteiger partial charge in [0, 0.05) is 13.6 Å². The smallest absolute Gasteiger partial charge is 0.237 e. The van der Waals surface area contributed by atoms with Gasteiger partial charge in [0.25, 0.3) is 0 Å². The summed E-state index contributed by atoms with van der Waals surface area (Å²) in [5.41, 5.74) is 5.63. The average molecular weight is 592 g/mol. The van der Waals surface area contributed by atoms with E-state index in [1.54, 1.807) is 19.2 Å². The van der Waals surface area contributed by atoms with Crippen molar-refractivity contribution in [3.05, 3.63) is 95.6 Å². The summed E-state index contributed by atoms with van der Waals surface area (Å²) in [4.78, 5) is 13.7. The first-order valence-corrected chi connectivity index (χ1v) is 16.8. The van der Waals surface area contributed by atoms with Gasteiger partial charge in [-0.3, -0.25) is 4.79 Å². The van der Waals surface area contributed by atoms with Crippen LogP contribution in [0.15, 0.2) is 78.9 Å². The van der Waals surface area contributed by atoms with Crippen molar-refractivity contribution in [2.45, 2.75) is 58.8 Å². The van der Waals surface area contributed by atoms with Crippen LogP contribution in [0.2, 0.25) is 0 Å². The molecule has 6 nitrogen and oxygen atoms in total. The highest BCUT2D eigenvalue weighted by Crippen LogP contribution is 2.35. The van der Waals surface area contributed by atoms with Crippen LogP contribution in [0, 0.1) is 0 Å². The summed E-state index contributed by atoms with van der Waals surface area (Å²) >= 11 is 0. The van der Waals surface area contributed by atoms with Crippen LogP contribution in [0.4, 0.5) is 0 Å². The molecule has 0 heterocycles. The van der Waals surface area contributed by atoms with E-state index in [4.69, 9.17) is 4.74 Å². The van der Waals surface area contributed by atoms with Gasteiger partial charge in [-0.05, 0) is 77.8 Å². The van der Waals surface area contributed by atoms with Crippen molar-refractivity contribution in [1.29, 1.82) is 0 Å². The Hall–Kier alpha value is -3.58. The number of hydrogen-bond donors (Lipinski definition) is 1. The molecule has 0 spiro atoms. The summed E-state index contributed by atoms with van der Waals surface area (Å²) in [6, 6.07) is 25.8. The van der Waals surface area contributed by atoms with Crippen LogP contribution in [0.3, 0.4) is 0 Å². The van der Waals surface area contributed by atoms with Gasteiger partial charge in [-0.2, -0.15) is 0 Å². The summed E-state index contributed by atoms with van der Waals surface area (Å²) in [5.74, 6) is 0.347. The van der Waals surface area contributed by atoms with Gasteiger partial charge >= 0.3 is 0 Å². The molecule has 0 bridgehead atoms. The Morgan fingerprint density at radius 1 is 0.786 bits per heavy atom. The van der Waals surface area contributed by atoms with E-state index in [1.165, 1.54) is 16.0 Å². The number of nitrogens with zero attached hydrogens (tertiary/aromatic N) is 1. The highest BCUT2D eigenvalue weighted by Gasteiger charge is 2.19. The molecule has 7 heteroatoms. The average Bonchev–Trinajstić information content (AvgIpc) is 2.99. The third-order valence-corrected chi connectivity index (χ3v) is 8.91. The van der Waals surface area contributed by atoms with Gasteiger partial charge in [0.15, 0.2) is 9.84 Å². The van der Waals surface area contributed by atoms with Crippen molar-refractivity contribution < 1.29 is 23.1 Å². The van der Waals surface area contributed by atoms with Crippen molar-refractivity contribution in [1.82, 2.24) is 4.90 Å². The third-order valence-electron chi connectivity index (χ3n) is 7.31. The molecule has 0 saturated carbocycles. The number of benzene rings is 3. The molecule has 3 rings (SSSR count). The number of carbonyl (C=O) groups is 1. The van der Waals surface area contributed by atoms with E-state index < -0.39 is 15.6 Å². The van der Waals surface area contributed by atoms with Gasteiger partial charge in [0.05, 0.1) is 12.4 Å². The monoisotopic (exact) mass is 591 g/mol. The van der Waals surface area contributed by atoms with Gasteiger partial charge in [-0.1, -0.05) is 87.7 Å². The highest BCUT2D eigenvalue weighted by atomic mass is 32.2. The number of amides is 1. The van der Waals surface area contributed by atoms with Gasteiger partial charge < -0.3 is 14.7 Å². The molecule has 0 saturated heterocycles. The normalized spacial score (nSPS) is 12.1. The van der Waals surface area contributed by atoms with Crippen molar-refractivity contribution in [3.8, 4) is 11.5 Å². The van der Waals surface area contributed by atoms with Gasteiger partial charge in [-0.15, -0.1) is 0 Å². The molecule has 0 atom stereocenters. The fourth-order valence-electron chi connectivity index (χ4n) is 4.88. The largest absolute Gasteiger partial charge is 0.508 e. The first kappa shape index (κ1) is 32.9. The number of allylic oxidation sites excluding steroid dienone is 1. The number of hydrogen-bond acceptors (Lipinski definition) is 5. The Morgan fingerprint density at radius 3 is 2.02 bits per heavy atom. The Bertz CT molecular complexity index is 1380. The number of rotatable bonds is 17. The van der Waals surface area contributed by atoms with E-state index >= 15 is 0 Å². The summed E-state index contributed by atoms with van der Waals surface area (Å²) < 4.78 is 30.6. The molecule has 0 unspecified atom stereocenters. The van der Waals surface area contributed by atoms with Crippen molar-refractivity contribution in [2.24, 2.45) is 0 Å². The Labute approximate surface area is 252 Å². The van der Waals surface area contributed by atoms with E-state index in [0.717, 1.165) is 61.0 Å². The molecule has 3 aromatic rings. The molecular formula is C35H45NO5S. The molecule has 3 aromatic carbocycles. The molecule has 1 N–H and O–H groups in total. The fraction of sp³-hybridized carbons (Fsp3) is 0.400. The molecule has 0 aliphatic rings. The van der Waals surface area contributed by atoms with Gasteiger partial charge in [-0.25, -0.2) is 8.42 Å². The maximum Gasteiger partial charge on any atom is 0.237 e. The molecule has 0 aliphatic heterocycles. The minimum Gasteiger partial charge on any atom is -0.508 e. The number of carbonyl (C=O) groups excluding carboxylic acids is 1. The summed E-state index contributed by atoms with van der Waals surface area (Å²) in [6.07, 6.45) is 5.72. The molecule has 0 aromatic heterocycles. The first-order chi connectivity index (χ1) is 20.2. The maximum atomic E-state index is 12.3. The lowest BCUT2D eigenvalue weighted by Crippen LogP contribution is -2.34. The van der Waals surface area contributed by atoms with Crippen molar-refractivity contribution in [2.75, 3.05) is 31.7 Å². The number of sulfone groups is 1. The minimum absolute atomic E-state index is 0.0439. The number of aromatic hydroxyl groups is 1. The Morgan fingerprint density at radius 2 is 1.40 bits per heavy atom. The van der Waals surface area contributed by atoms with Crippen molar-refractivity contribution in [3.63, 3.8) is 0 Å². The summed E-state index contributed by atoms with van der Waals surface area (Å²) in [5, 5.41) is 9.84. The minimum atomic E-state index is -3.38. The van der Waals surface area contributed by atoms with E-state index in [9.17, 15) is 18.3 Å². The van der Waals surface area contributed by atoms with Crippen molar-refractivity contribution >= 4 is 26.9 Å². The maximum absolute atomic E-state index is 12.3. The lowest BCUT2D eigenvalue weighted by Gasteiger charge is -2.17. The Balaban J connectivity index is 1.52. The van der Waals surface area contributed by atoms with Crippen LogP contribution < -0.4 is 4.74 Å². The SMILES string of the molecule is CCCCN(C)C(=O)CS(=O)(=O)CCCCCCOc1ccc(C(=C(CC)c2ccccc2)c2ccc(O)cc2)cc1. The van der Waals surface area contributed by atoms with Crippen LogP contribution in [0.25, 0.3) is 11.1 Å². The molecule has 226 valence electrons. The topological polar surface area (TPSA) is 83.9 Å². The summed E-state index contributed by atoms with van der Waals surface area (Å²) in [6.45, 7) is 5.34. The molecule has 0 radical (unpaired) electrons. The zero-order valence-electron chi connectivity index (χ0n) is 25.2. The zero-order valence-corrected chi connectivity index (χ0v) is 26.0. The lowest BCUT2D eigenvalue weighted by atomic mass is 9.88. The van der Waals surface area contributed by atoms with E-state index in [0.29, 0.717) is 19.6 Å². The Kier molecular flexibility index (Phi) is 13.1. The lowest BCUT2D eigenvalue weighted by molar-refractivity contribution is -0.127. The van der Waals surface area contributed by atoms with Crippen LogP contribution >= 0.6 is 0 Å². The third kappa shape index (κ3) is 10.4. The number of ether oxygens (including phenoxy) is 1. The number of unbranched alkanes of at least 4 members (excludes halogenated alkanes) is 4. The molecule has 1 amide bonds. The predicted octanol–water partition coefficient (Wildman–Crippen LogP) is 7.37. The van der Waals surface area contributed by atoms with E-state index in [-0.39, 0.29) is 17.4 Å². The first-order valence-electron chi connectivity index (χ1n) is 15.0. The van der Waals surface area contributed by atoms with Crippen LogP contribution in [0.5, 0.6) is 11.5 Å².